The summed E-state index contributed by atoms with van der Waals surface area (Å²) in [6.07, 6.45) is 1.58. The van der Waals surface area contributed by atoms with E-state index in [9.17, 15) is 18.0 Å². The molecule has 0 N–H and O–H groups in total. The number of rotatable bonds is 4. The lowest BCUT2D eigenvalue weighted by Crippen LogP contribution is -2.27. The Morgan fingerprint density at radius 3 is 2.44 bits per heavy atom. The summed E-state index contributed by atoms with van der Waals surface area (Å²) in [5.41, 5.74) is 0.450. The van der Waals surface area contributed by atoms with Crippen LogP contribution < -0.4 is 4.31 Å². The Kier molecular flexibility index (Phi) is 4.07. The number of carbonyl (C=O) groups is 2. The third-order valence-corrected chi connectivity index (χ3v) is 3.59. The zero-order valence-corrected chi connectivity index (χ0v) is 11.0. The van der Waals surface area contributed by atoms with Gasteiger partial charge < -0.3 is 4.74 Å². The molecule has 1 aromatic rings. The first-order chi connectivity index (χ1) is 8.31. The maximum Gasteiger partial charge on any atom is 0.340 e. The van der Waals surface area contributed by atoms with Crippen molar-refractivity contribution in [2.45, 2.75) is 0 Å². The van der Waals surface area contributed by atoms with Crippen molar-refractivity contribution < 1.29 is 22.7 Å². The van der Waals surface area contributed by atoms with Gasteiger partial charge in [0.2, 0.25) is 10.0 Å². The summed E-state index contributed by atoms with van der Waals surface area (Å²) >= 11 is 0. The van der Waals surface area contributed by atoms with Gasteiger partial charge in [0.05, 0.1) is 24.6 Å². The number of aldehydes is 1. The third kappa shape index (κ3) is 2.86. The molecular formula is C11H13NO5S. The predicted octanol–water partition coefficient (Wildman–Crippen LogP) is 0.681. The van der Waals surface area contributed by atoms with Crippen LogP contribution in [0, 0.1) is 0 Å². The minimum atomic E-state index is -3.50. The maximum atomic E-state index is 11.6. The van der Waals surface area contributed by atoms with Gasteiger partial charge in [-0.2, -0.15) is 0 Å². The van der Waals surface area contributed by atoms with Crippen LogP contribution in [-0.2, 0) is 14.8 Å². The van der Waals surface area contributed by atoms with Crippen molar-refractivity contribution >= 4 is 28.0 Å². The maximum absolute atomic E-state index is 11.6. The molecule has 6 nitrogen and oxygen atoms in total. The molecule has 7 heteroatoms. The van der Waals surface area contributed by atoms with Crippen LogP contribution in [0.4, 0.5) is 5.69 Å². The van der Waals surface area contributed by atoms with Crippen molar-refractivity contribution in [3.8, 4) is 0 Å². The first-order valence-electron chi connectivity index (χ1n) is 4.92. The fourth-order valence-corrected chi connectivity index (χ4v) is 1.87. The standard InChI is InChI=1S/C11H13NO5S/c1-12(18(3,15)16)10-5-4-8(7-13)6-9(10)11(14)17-2/h4-7H,1-3H3. The number of carbonyl (C=O) groups excluding carboxylic acids is 2. The van der Waals surface area contributed by atoms with Crippen molar-refractivity contribution in [3.05, 3.63) is 29.3 Å². The molecule has 0 saturated carbocycles. The molecule has 0 saturated heterocycles. The first-order valence-corrected chi connectivity index (χ1v) is 6.77. The van der Waals surface area contributed by atoms with Crippen molar-refractivity contribution in [1.29, 1.82) is 0 Å². The number of anilines is 1. The minimum absolute atomic E-state index is 0.0232. The molecule has 0 fully saturated rings. The summed E-state index contributed by atoms with van der Waals surface area (Å²) in [5.74, 6) is -0.704. The van der Waals surface area contributed by atoms with E-state index < -0.39 is 16.0 Å². The fourth-order valence-electron chi connectivity index (χ4n) is 1.35. The molecule has 0 aliphatic heterocycles. The molecule has 0 spiro atoms. The van der Waals surface area contributed by atoms with Gasteiger partial charge in [0.15, 0.2) is 0 Å². The Bertz CT molecular complexity index is 579. The molecular weight excluding hydrogens is 258 g/mol. The SMILES string of the molecule is COC(=O)c1cc(C=O)ccc1N(C)S(C)(=O)=O. The van der Waals surface area contributed by atoms with Crippen LogP contribution in [0.2, 0.25) is 0 Å². The predicted molar refractivity (Wildman–Crippen MR) is 66.4 cm³/mol. The quantitative estimate of drug-likeness (QED) is 0.594. The van der Waals surface area contributed by atoms with Gasteiger partial charge in [-0.3, -0.25) is 9.10 Å². The zero-order chi connectivity index (χ0) is 13.9. The van der Waals surface area contributed by atoms with Crippen molar-refractivity contribution in [1.82, 2.24) is 0 Å². The van der Waals surface area contributed by atoms with Gasteiger partial charge in [-0.15, -0.1) is 0 Å². The third-order valence-electron chi connectivity index (χ3n) is 2.40. The topological polar surface area (TPSA) is 80.8 Å². The number of hydrogen-bond donors (Lipinski definition) is 0. The van der Waals surface area contributed by atoms with Crippen molar-refractivity contribution in [2.75, 3.05) is 24.7 Å². The van der Waals surface area contributed by atoms with Gasteiger partial charge in [-0.25, -0.2) is 13.2 Å². The Balaban J connectivity index is 3.44. The number of nitrogens with zero attached hydrogens (tertiary/aromatic N) is 1. The number of methoxy groups -OCH3 is 1. The van der Waals surface area contributed by atoms with E-state index in [1.165, 1.54) is 32.4 Å². The average Bonchev–Trinajstić information content (AvgIpc) is 2.35. The highest BCUT2D eigenvalue weighted by atomic mass is 32.2. The number of ether oxygens (including phenoxy) is 1. The number of benzene rings is 1. The summed E-state index contributed by atoms with van der Waals surface area (Å²) in [7, 11) is -1.00. The lowest BCUT2D eigenvalue weighted by Gasteiger charge is -2.19. The second-order valence-corrected chi connectivity index (χ2v) is 5.63. The van der Waals surface area contributed by atoms with Gasteiger partial charge in [0, 0.05) is 12.6 Å². The van der Waals surface area contributed by atoms with E-state index in [2.05, 4.69) is 4.74 Å². The molecule has 18 heavy (non-hydrogen) atoms. The van der Waals surface area contributed by atoms with E-state index in [4.69, 9.17) is 0 Å². The van der Waals surface area contributed by atoms with Gasteiger partial charge in [0.1, 0.15) is 6.29 Å². The molecule has 0 heterocycles. The summed E-state index contributed by atoms with van der Waals surface area (Å²) in [6.45, 7) is 0. The molecule has 1 rings (SSSR count). The molecule has 0 aliphatic carbocycles. The number of hydrogen-bond acceptors (Lipinski definition) is 5. The smallest absolute Gasteiger partial charge is 0.340 e. The minimum Gasteiger partial charge on any atom is -0.465 e. The van der Waals surface area contributed by atoms with Crippen LogP contribution in [0.25, 0.3) is 0 Å². The van der Waals surface area contributed by atoms with Gasteiger partial charge in [-0.05, 0) is 18.2 Å². The first kappa shape index (κ1) is 14.2. The van der Waals surface area contributed by atoms with E-state index in [1.54, 1.807) is 0 Å². The molecule has 0 amide bonds. The van der Waals surface area contributed by atoms with E-state index in [0.717, 1.165) is 10.6 Å². The second kappa shape index (κ2) is 5.18. The van der Waals surface area contributed by atoms with E-state index in [0.29, 0.717) is 6.29 Å². The van der Waals surface area contributed by atoms with Crippen LogP contribution in [0.5, 0.6) is 0 Å². The second-order valence-electron chi connectivity index (χ2n) is 3.62. The Labute approximate surface area is 105 Å². The molecule has 98 valence electrons. The molecule has 0 radical (unpaired) electrons. The van der Waals surface area contributed by atoms with Gasteiger partial charge in [-0.1, -0.05) is 0 Å². The Morgan fingerprint density at radius 2 is 2.00 bits per heavy atom. The molecule has 0 aromatic heterocycles. The van der Waals surface area contributed by atoms with Crippen LogP contribution in [0.15, 0.2) is 18.2 Å². The van der Waals surface area contributed by atoms with E-state index >= 15 is 0 Å². The van der Waals surface area contributed by atoms with Crippen LogP contribution in [-0.4, -0.2) is 41.1 Å². The van der Waals surface area contributed by atoms with Crippen LogP contribution in [0.1, 0.15) is 20.7 Å². The average molecular weight is 271 g/mol. The highest BCUT2D eigenvalue weighted by Gasteiger charge is 2.20. The number of sulfonamides is 1. The Morgan fingerprint density at radius 1 is 1.39 bits per heavy atom. The Hall–Kier alpha value is -1.89. The van der Waals surface area contributed by atoms with E-state index in [-0.39, 0.29) is 16.8 Å². The summed E-state index contributed by atoms with van der Waals surface area (Å²) in [4.78, 5) is 22.2. The number of esters is 1. The molecule has 0 unspecified atom stereocenters. The normalized spacial score (nSPS) is 10.8. The summed E-state index contributed by atoms with van der Waals surface area (Å²) in [6, 6.07) is 4.10. The molecule has 1 aromatic carbocycles. The monoisotopic (exact) mass is 271 g/mol. The molecule has 0 atom stereocenters. The zero-order valence-electron chi connectivity index (χ0n) is 10.2. The highest BCUT2D eigenvalue weighted by Crippen LogP contribution is 2.23. The summed E-state index contributed by atoms with van der Waals surface area (Å²) in [5, 5.41) is 0. The molecule has 0 aliphatic rings. The fraction of sp³-hybridized carbons (Fsp3) is 0.273. The largest absolute Gasteiger partial charge is 0.465 e. The van der Waals surface area contributed by atoms with Gasteiger partial charge >= 0.3 is 5.97 Å². The van der Waals surface area contributed by atoms with Crippen molar-refractivity contribution in [2.24, 2.45) is 0 Å². The highest BCUT2D eigenvalue weighted by molar-refractivity contribution is 7.92. The van der Waals surface area contributed by atoms with Gasteiger partial charge in [0.25, 0.3) is 0 Å². The van der Waals surface area contributed by atoms with Crippen molar-refractivity contribution in [3.63, 3.8) is 0 Å². The lowest BCUT2D eigenvalue weighted by atomic mass is 10.1. The lowest BCUT2D eigenvalue weighted by molar-refractivity contribution is 0.0601. The van der Waals surface area contributed by atoms with Crippen LogP contribution >= 0.6 is 0 Å². The summed E-state index contributed by atoms with van der Waals surface area (Å²) < 4.78 is 28.4. The molecule has 0 bridgehead atoms. The van der Waals surface area contributed by atoms with E-state index in [1.807, 2.05) is 0 Å². The van der Waals surface area contributed by atoms with Crippen LogP contribution in [0.3, 0.4) is 0 Å².